The first-order chi connectivity index (χ1) is 13.0. The lowest BCUT2D eigenvalue weighted by molar-refractivity contribution is -0.128. The maximum atomic E-state index is 12.2. The van der Waals surface area contributed by atoms with Crippen molar-refractivity contribution in [3.63, 3.8) is 0 Å². The van der Waals surface area contributed by atoms with Gasteiger partial charge in [0.2, 0.25) is 5.91 Å². The summed E-state index contributed by atoms with van der Waals surface area (Å²) in [5, 5.41) is 19.2. The van der Waals surface area contributed by atoms with Gasteiger partial charge in [0.25, 0.3) is 0 Å². The number of likely N-dealkylation sites (tertiary alicyclic amines) is 1. The molecule has 0 bridgehead atoms. The smallest absolute Gasteiger partial charge is 0.335 e. The fourth-order valence-corrected chi connectivity index (χ4v) is 4.23. The average Bonchev–Trinajstić information content (AvgIpc) is 3.28. The molecule has 1 saturated heterocycles. The van der Waals surface area contributed by atoms with Gasteiger partial charge in [-0.2, -0.15) is 0 Å². The van der Waals surface area contributed by atoms with Gasteiger partial charge in [0.05, 0.1) is 17.7 Å². The Labute approximate surface area is 160 Å². The molecular formula is C22H29NO4. The van der Waals surface area contributed by atoms with Gasteiger partial charge >= 0.3 is 5.97 Å². The van der Waals surface area contributed by atoms with Crippen molar-refractivity contribution in [1.29, 1.82) is 0 Å². The highest BCUT2D eigenvalue weighted by Gasteiger charge is 2.29. The van der Waals surface area contributed by atoms with E-state index in [-0.39, 0.29) is 17.5 Å². The molecule has 1 saturated carbocycles. The Balaban J connectivity index is 1.52. The molecule has 5 heteroatoms. The average molecular weight is 371 g/mol. The van der Waals surface area contributed by atoms with Crippen LogP contribution in [0, 0.1) is 5.92 Å². The van der Waals surface area contributed by atoms with Gasteiger partial charge in [-0.15, -0.1) is 0 Å². The van der Waals surface area contributed by atoms with Gasteiger partial charge in [0.1, 0.15) is 0 Å². The molecule has 2 atom stereocenters. The molecule has 5 nitrogen and oxygen atoms in total. The first-order valence-electron chi connectivity index (χ1n) is 10.0. The maximum Gasteiger partial charge on any atom is 0.335 e. The van der Waals surface area contributed by atoms with E-state index in [1.54, 1.807) is 24.3 Å². The Morgan fingerprint density at radius 2 is 1.89 bits per heavy atom. The van der Waals surface area contributed by atoms with Gasteiger partial charge in [0, 0.05) is 13.0 Å². The Kier molecular flexibility index (Phi) is 6.67. The van der Waals surface area contributed by atoms with E-state index < -0.39 is 12.1 Å². The molecule has 1 aromatic rings. The van der Waals surface area contributed by atoms with E-state index in [0.717, 1.165) is 18.4 Å². The molecule has 2 aliphatic rings. The van der Waals surface area contributed by atoms with Crippen LogP contribution in [-0.2, 0) is 11.2 Å². The summed E-state index contributed by atoms with van der Waals surface area (Å²) in [6.45, 7) is 0.610. The number of carbonyl (C=O) groups excluding carboxylic acids is 1. The largest absolute Gasteiger partial charge is 0.478 e. The molecule has 0 spiro atoms. The van der Waals surface area contributed by atoms with Gasteiger partial charge in [-0.1, -0.05) is 50.0 Å². The minimum absolute atomic E-state index is 0.0500. The summed E-state index contributed by atoms with van der Waals surface area (Å²) >= 11 is 0. The topological polar surface area (TPSA) is 77.8 Å². The van der Waals surface area contributed by atoms with Crippen LogP contribution in [0.4, 0.5) is 0 Å². The number of amides is 1. The third-order valence-electron chi connectivity index (χ3n) is 5.82. The van der Waals surface area contributed by atoms with Crippen LogP contribution in [-0.4, -0.2) is 45.7 Å². The molecule has 27 heavy (non-hydrogen) atoms. The summed E-state index contributed by atoms with van der Waals surface area (Å²) in [4.78, 5) is 25.0. The predicted molar refractivity (Wildman–Crippen MR) is 104 cm³/mol. The molecule has 1 heterocycles. The van der Waals surface area contributed by atoms with Crippen LogP contribution >= 0.6 is 0 Å². The van der Waals surface area contributed by atoms with E-state index in [4.69, 9.17) is 5.11 Å². The molecule has 1 aliphatic carbocycles. The Bertz CT molecular complexity index is 676. The van der Waals surface area contributed by atoms with E-state index in [0.29, 0.717) is 25.3 Å². The van der Waals surface area contributed by atoms with Gasteiger partial charge in [-0.3, -0.25) is 4.79 Å². The molecule has 1 unspecified atom stereocenters. The van der Waals surface area contributed by atoms with Gasteiger partial charge in [-0.05, 0) is 42.9 Å². The van der Waals surface area contributed by atoms with E-state index in [2.05, 4.69) is 0 Å². The van der Waals surface area contributed by atoms with Crippen LogP contribution in [0.5, 0.6) is 0 Å². The lowest BCUT2D eigenvalue weighted by atomic mass is 9.99. The highest BCUT2D eigenvalue weighted by molar-refractivity contribution is 5.87. The number of aliphatic hydroxyl groups is 1. The second kappa shape index (κ2) is 9.18. The van der Waals surface area contributed by atoms with E-state index in [9.17, 15) is 14.7 Å². The van der Waals surface area contributed by atoms with E-state index in [1.165, 1.54) is 25.7 Å². The fourth-order valence-electron chi connectivity index (χ4n) is 4.23. The van der Waals surface area contributed by atoms with Crippen LogP contribution in [0.3, 0.4) is 0 Å². The number of carboxylic acid groups (broad SMARTS) is 1. The molecule has 0 radical (unpaired) electrons. The Morgan fingerprint density at radius 3 is 2.56 bits per heavy atom. The minimum atomic E-state index is -0.933. The molecule has 1 aromatic carbocycles. The van der Waals surface area contributed by atoms with E-state index >= 15 is 0 Å². The van der Waals surface area contributed by atoms with Crippen molar-refractivity contribution < 1.29 is 19.8 Å². The zero-order valence-corrected chi connectivity index (χ0v) is 15.7. The number of benzene rings is 1. The third kappa shape index (κ3) is 5.42. The molecule has 3 rings (SSSR count). The number of aliphatic hydroxyl groups excluding tert-OH is 1. The highest BCUT2D eigenvalue weighted by atomic mass is 16.4. The van der Waals surface area contributed by atoms with Crippen molar-refractivity contribution in [2.75, 3.05) is 6.54 Å². The molecule has 0 aromatic heterocycles. The highest BCUT2D eigenvalue weighted by Crippen LogP contribution is 2.29. The predicted octanol–water partition coefficient (Wildman–Crippen LogP) is 3.42. The van der Waals surface area contributed by atoms with Gasteiger partial charge in [0.15, 0.2) is 0 Å². The van der Waals surface area contributed by atoms with Gasteiger partial charge in [-0.25, -0.2) is 4.79 Å². The lowest BCUT2D eigenvalue weighted by Crippen LogP contribution is -2.33. The van der Waals surface area contributed by atoms with Crippen LogP contribution in [0.1, 0.15) is 60.9 Å². The van der Waals surface area contributed by atoms with Crippen LogP contribution in [0.25, 0.3) is 0 Å². The summed E-state index contributed by atoms with van der Waals surface area (Å²) in [5.41, 5.74) is 1.29. The normalized spacial score (nSPS) is 22.0. The van der Waals surface area contributed by atoms with Crippen molar-refractivity contribution in [1.82, 2.24) is 4.90 Å². The van der Waals surface area contributed by atoms with Crippen molar-refractivity contribution in [2.45, 2.75) is 63.5 Å². The molecular weight excluding hydrogens is 342 g/mol. The number of rotatable bonds is 8. The molecule has 2 fully saturated rings. The zero-order chi connectivity index (χ0) is 19.2. The summed E-state index contributed by atoms with van der Waals surface area (Å²) in [6, 6.07) is 6.86. The molecule has 1 aliphatic heterocycles. The Morgan fingerprint density at radius 1 is 1.19 bits per heavy atom. The second-order valence-corrected chi connectivity index (χ2v) is 7.78. The van der Waals surface area contributed by atoms with E-state index in [1.807, 2.05) is 17.1 Å². The quantitative estimate of drug-likeness (QED) is 0.687. The summed E-state index contributed by atoms with van der Waals surface area (Å²) in [5.74, 6) is -0.144. The van der Waals surface area contributed by atoms with Crippen molar-refractivity contribution in [3.05, 3.63) is 47.5 Å². The van der Waals surface area contributed by atoms with Crippen LogP contribution < -0.4 is 0 Å². The zero-order valence-electron chi connectivity index (χ0n) is 15.7. The summed E-state index contributed by atoms with van der Waals surface area (Å²) < 4.78 is 0. The number of nitrogens with zero attached hydrogens (tertiary/aromatic N) is 1. The summed E-state index contributed by atoms with van der Waals surface area (Å²) in [7, 11) is 0. The number of hydrogen-bond acceptors (Lipinski definition) is 3. The molecule has 1 amide bonds. The molecule has 146 valence electrons. The monoisotopic (exact) mass is 371 g/mol. The standard InChI is InChI=1S/C22H29NO4/c24-20(15-17-3-1-2-4-17)11-9-19-10-12-21(25)23(19)14-13-16-5-7-18(8-6-16)22(26)27/h5-9,11,17,19-20,24H,1-4,10,12-15H2,(H,26,27)/b11-9+/t19-,20?/m0/s1. The van der Waals surface area contributed by atoms with Crippen LogP contribution in [0.2, 0.25) is 0 Å². The van der Waals surface area contributed by atoms with Crippen molar-refractivity contribution in [2.24, 2.45) is 5.92 Å². The second-order valence-electron chi connectivity index (χ2n) is 7.78. The number of carboxylic acids is 1. The third-order valence-corrected chi connectivity index (χ3v) is 5.82. The first kappa shape index (κ1) is 19.6. The number of aromatic carboxylic acids is 1. The Hall–Kier alpha value is -2.14. The summed E-state index contributed by atoms with van der Waals surface area (Å²) in [6.07, 6.45) is 11.3. The van der Waals surface area contributed by atoms with Crippen molar-refractivity contribution >= 4 is 11.9 Å². The SMILES string of the molecule is O=C(O)c1ccc(CCN2C(=O)CC[C@@H]2/C=C/C(O)CC2CCCC2)cc1. The van der Waals surface area contributed by atoms with Crippen molar-refractivity contribution in [3.8, 4) is 0 Å². The fraction of sp³-hybridized carbons (Fsp3) is 0.545. The number of hydrogen-bond donors (Lipinski definition) is 2. The number of carbonyl (C=O) groups is 2. The van der Waals surface area contributed by atoms with Gasteiger partial charge < -0.3 is 15.1 Å². The van der Waals surface area contributed by atoms with Crippen LogP contribution in [0.15, 0.2) is 36.4 Å². The first-order valence-corrected chi connectivity index (χ1v) is 10.0. The molecule has 2 N–H and O–H groups in total. The minimum Gasteiger partial charge on any atom is -0.478 e. The lowest BCUT2D eigenvalue weighted by Gasteiger charge is -2.23. The maximum absolute atomic E-state index is 12.2.